The summed E-state index contributed by atoms with van der Waals surface area (Å²) in [5, 5.41) is 0. The van der Waals surface area contributed by atoms with E-state index in [0.717, 1.165) is 11.3 Å². The van der Waals surface area contributed by atoms with Gasteiger partial charge >= 0.3 is 5.97 Å². The third-order valence-corrected chi connectivity index (χ3v) is 4.21. The Bertz CT molecular complexity index is 475. The molecule has 4 heteroatoms. The maximum Gasteiger partial charge on any atom is 0.312 e. The van der Waals surface area contributed by atoms with Crippen LogP contribution in [0.25, 0.3) is 0 Å². The molecule has 1 heterocycles. The van der Waals surface area contributed by atoms with E-state index in [1.54, 1.807) is 7.11 Å². The molecule has 0 amide bonds. The summed E-state index contributed by atoms with van der Waals surface area (Å²) in [6, 6.07) is 7.76. The summed E-state index contributed by atoms with van der Waals surface area (Å²) in [5.74, 6) is 0.546. The second kappa shape index (κ2) is 4.85. The van der Waals surface area contributed by atoms with Gasteiger partial charge in [0, 0.05) is 5.56 Å². The van der Waals surface area contributed by atoms with E-state index in [0.29, 0.717) is 13.2 Å². The number of rotatable bonds is 4. The predicted octanol–water partition coefficient (Wildman–Crippen LogP) is 2.16. The average Bonchev–Trinajstić information content (AvgIpc) is 2.36. The van der Waals surface area contributed by atoms with E-state index in [-0.39, 0.29) is 5.97 Å². The highest BCUT2D eigenvalue weighted by atomic mass is 16.5. The van der Waals surface area contributed by atoms with Gasteiger partial charge in [0.1, 0.15) is 5.75 Å². The molecule has 19 heavy (non-hydrogen) atoms. The minimum Gasteiger partial charge on any atom is -0.496 e. The number of carbonyl (C=O) groups is 1. The minimum atomic E-state index is -0.672. The Morgan fingerprint density at radius 2 is 1.89 bits per heavy atom. The van der Waals surface area contributed by atoms with Crippen LogP contribution in [0.5, 0.6) is 5.75 Å². The van der Waals surface area contributed by atoms with Crippen LogP contribution in [-0.2, 0) is 19.7 Å². The van der Waals surface area contributed by atoms with Gasteiger partial charge in [-0.2, -0.15) is 0 Å². The molecule has 0 aromatic heterocycles. The van der Waals surface area contributed by atoms with Crippen molar-refractivity contribution in [3.8, 4) is 5.75 Å². The van der Waals surface area contributed by atoms with Crippen LogP contribution in [0.2, 0.25) is 0 Å². The monoisotopic (exact) mass is 264 g/mol. The maximum absolute atomic E-state index is 12.1. The molecule has 1 aliphatic rings. The number of para-hydroxylation sites is 1. The number of carbonyl (C=O) groups excluding carboxylic acids is 1. The fraction of sp³-hybridized carbons (Fsp3) is 0.533. The minimum absolute atomic E-state index is 0.235. The molecule has 0 saturated carbocycles. The van der Waals surface area contributed by atoms with E-state index < -0.39 is 10.8 Å². The number of hydrogen-bond acceptors (Lipinski definition) is 4. The second-order valence-electron chi connectivity index (χ2n) is 5.39. The highest BCUT2D eigenvalue weighted by Crippen LogP contribution is 2.50. The SMILES string of the molecule is COC(=O)C(C)(C)C1(c2ccccc2OC)COC1. The fourth-order valence-electron chi connectivity index (χ4n) is 2.65. The summed E-state index contributed by atoms with van der Waals surface area (Å²) in [5.41, 5.74) is -0.0689. The average molecular weight is 264 g/mol. The molecule has 0 unspecified atom stereocenters. The van der Waals surface area contributed by atoms with Gasteiger partial charge in [-0.15, -0.1) is 0 Å². The first-order valence-electron chi connectivity index (χ1n) is 6.29. The highest BCUT2D eigenvalue weighted by molar-refractivity contribution is 5.79. The summed E-state index contributed by atoms with van der Waals surface area (Å²) in [7, 11) is 3.05. The molecule has 1 fully saturated rings. The normalized spacial score (nSPS) is 17.5. The van der Waals surface area contributed by atoms with E-state index in [2.05, 4.69) is 0 Å². The van der Waals surface area contributed by atoms with Gasteiger partial charge in [-0.1, -0.05) is 18.2 Å². The molecule has 0 N–H and O–H groups in total. The third kappa shape index (κ3) is 1.91. The Labute approximate surface area is 113 Å². The van der Waals surface area contributed by atoms with Crippen molar-refractivity contribution < 1.29 is 19.0 Å². The van der Waals surface area contributed by atoms with Crippen molar-refractivity contribution in [1.82, 2.24) is 0 Å². The van der Waals surface area contributed by atoms with Crippen molar-refractivity contribution in [2.75, 3.05) is 27.4 Å². The van der Waals surface area contributed by atoms with E-state index in [9.17, 15) is 4.79 Å². The topological polar surface area (TPSA) is 44.8 Å². The molecule has 2 rings (SSSR count). The van der Waals surface area contributed by atoms with E-state index in [1.807, 2.05) is 38.1 Å². The molecule has 0 spiro atoms. The Balaban J connectivity index is 2.52. The zero-order chi connectivity index (χ0) is 14.1. The van der Waals surface area contributed by atoms with Gasteiger partial charge in [0.2, 0.25) is 0 Å². The van der Waals surface area contributed by atoms with Gasteiger partial charge < -0.3 is 14.2 Å². The lowest BCUT2D eigenvalue weighted by molar-refractivity contribution is -0.174. The summed E-state index contributed by atoms with van der Waals surface area (Å²) in [4.78, 5) is 12.1. The summed E-state index contributed by atoms with van der Waals surface area (Å²) in [6.07, 6.45) is 0. The van der Waals surface area contributed by atoms with Crippen LogP contribution in [0, 0.1) is 5.41 Å². The fourth-order valence-corrected chi connectivity index (χ4v) is 2.65. The van der Waals surface area contributed by atoms with Crippen molar-refractivity contribution in [3.63, 3.8) is 0 Å². The van der Waals surface area contributed by atoms with E-state index in [4.69, 9.17) is 14.2 Å². The molecule has 1 aromatic carbocycles. The lowest BCUT2D eigenvalue weighted by atomic mass is 9.60. The van der Waals surface area contributed by atoms with Crippen LogP contribution < -0.4 is 4.74 Å². The highest BCUT2D eigenvalue weighted by Gasteiger charge is 2.57. The molecule has 0 bridgehead atoms. The van der Waals surface area contributed by atoms with Gasteiger partial charge in [0.15, 0.2) is 0 Å². The number of benzene rings is 1. The summed E-state index contributed by atoms with van der Waals surface area (Å²) < 4.78 is 15.8. The molecule has 0 radical (unpaired) electrons. The van der Waals surface area contributed by atoms with Crippen molar-refractivity contribution in [2.24, 2.45) is 5.41 Å². The van der Waals surface area contributed by atoms with Crippen LogP contribution in [0.15, 0.2) is 24.3 Å². The van der Waals surface area contributed by atoms with Crippen molar-refractivity contribution in [3.05, 3.63) is 29.8 Å². The van der Waals surface area contributed by atoms with Crippen LogP contribution in [0.4, 0.5) is 0 Å². The van der Waals surface area contributed by atoms with Gasteiger partial charge in [-0.25, -0.2) is 0 Å². The first kappa shape index (κ1) is 13.9. The summed E-state index contributed by atoms with van der Waals surface area (Å²) >= 11 is 0. The molecule has 1 aromatic rings. The molecular formula is C15H20O4. The first-order chi connectivity index (χ1) is 8.99. The standard InChI is InChI=1S/C15H20O4/c1-14(2,13(16)18-4)15(9-19-10-15)11-7-5-6-8-12(11)17-3/h5-8H,9-10H2,1-4H3. The van der Waals surface area contributed by atoms with Crippen LogP contribution in [0.3, 0.4) is 0 Å². The molecule has 0 aliphatic carbocycles. The van der Waals surface area contributed by atoms with Gasteiger partial charge in [-0.05, 0) is 19.9 Å². The molecule has 0 atom stereocenters. The maximum atomic E-state index is 12.1. The molecule has 104 valence electrons. The third-order valence-electron chi connectivity index (χ3n) is 4.21. The Morgan fingerprint density at radius 3 is 2.37 bits per heavy atom. The van der Waals surface area contributed by atoms with Crippen LogP contribution in [-0.4, -0.2) is 33.4 Å². The smallest absolute Gasteiger partial charge is 0.312 e. The lowest BCUT2D eigenvalue weighted by Crippen LogP contribution is -2.60. The number of ether oxygens (including phenoxy) is 3. The van der Waals surface area contributed by atoms with Crippen molar-refractivity contribution >= 4 is 5.97 Å². The van der Waals surface area contributed by atoms with E-state index in [1.165, 1.54) is 7.11 Å². The Hall–Kier alpha value is -1.55. The zero-order valence-corrected chi connectivity index (χ0v) is 11.9. The largest absolute Gasteiger partial charge is 0.496 e. The van der Waals surface area contributed by atoms with Gasteiger partial charge in [0.25, 0.3) is 0 Å². The molecule has 4 nitrogen and oxygen atoms in total. The van der Waals surface area contributed by atoms with E-state index >= 15 is 0 Å². The Kier molecular flexibility index (Phi) is 3.54. The van der Waals surface area contributed by atoms with Crippen LogP contribution in [0.1, 0.15) is 19.4 Å². The van der Waals surface area contributed by atoms with Crippen molar-refractivity contribution in [2.45, 2.75) is 19.3 Å². The zero-order valence-electron chi connectivity index (χ0n) is 11.9. The van der Waals surface area contributed by atoms with Gasteiger partial charge in [0.05, 0.1) is 38.3 Å². The predicted molar refractivity (Wildman–Crippen MR) is 71.3 cm³/mol. The second-order valence-corrected chi connectivity index (χ2v) is 5.39. The number of hydrogen-bond donors (Lipinski definition) is 0. The first-order valence-corrected chi connectivity index (χ1v) is 6.29. The molecular weight excluding hydrogens is 244 g/mol. The molecule has 1 aliphatic heterocycles. The quantitative estimate of drug-likeness (QED) is 0.782. The Morgan fingerprint density at radius 1 is 1.26 bits per heavy atom. The number of esters is 1. The lowest BCUT2D eigenvalue weighted by Gasteiger charge is -2.51. The summed E-state index contributed by atoms with van der Waals surface area (Å²) in [6.45, 7) is 4.78. The molecule has 1 saturated heterocycles. The number of methoxy groups -OCH3 is 2. The van der Waals surface area contributed by atoms with Gasteiger partial charge in [-0.3, -0.25) is 4.79 Å². The van der Waals surface area contributed by atoms with Crippen LogP contribution >= 0.6 is 0 Å². The van der Waals surface area contributed by atoms with Crippen molar-refractivity contribution in [1.29, 1.82) is 0 Å².